The normalized spacial score (nSPS) is 11.8. The number of pyridine rings is 1. The Balaban J connectivity index is 1.50. The van der Waals surface area contributed by atoms with Crippen molar-refractivity contribution in [1.82, 2.24) is 0 Å². The first kappa shape index (κ1) is 22.1. The molecular weight excluding hydrogens is 474 g/mol. The van der Waals surface area contributed by atoms with Crippen LogP contribution in [0.3, 0.4) is 0 Å². The van der Waals surface area contributed by atoms with Crippen LogP contribution < -0.4 is 4.57 Å². The van der Waals surface area contributed by atoms with Crippen LogP contribution in [0, 0.1) is 6.92 Å². The topological polar surface area (TPSA) is 17.0 Å². The van der Waals surface area contributed by atoms with Gasteiger partial charge in [-0.1, -0.05) is 78.9 Å². The van der Waals surface area contributed by atoms with Gasteiger partial charge in [-0.15, -0.1) is 0 Å². The standard InChI is InChI=1S/C37H26NO/c1-23-17-18-30-28-14-9-15-29(36(28)39-37(30)35(23)34-16-7-8-19-38(34)2)32-22-26-12-5-6-13-27(26)31-20-24-10-3-4-11-25(24)21-33(31)32/h3-22H,1-2H3/q+1. The number of hydrogen-bond acceptors (Lipinski definition) is 1. The molecule has 0 saturated heterocycles. The summed E-state index contributed by atoms with van der Waals surface area (Å²) in [4.78, 5) is 0. The van der Waals surface area contributed by atoms with Crippen molar-refractivity contribution in [2.45, 2.75) is 6.92 Å². The quantitative estimate of drug-likeness (QED) is 0.131. The second-order valence-corrected chi connectivity index (χ2v) is 10.5. The van der Waals surface area contributed by atoms with E-state index in [4.69, 9.17) is 4.42 Å². The van der Waals surface area contributed by atoms with Gasteiger partial charge in [-0.3, -0.25) is 0 Å². The van der Waals surface area contributed by atoms with Gasteiger partial charge in [-0.25, -0.2) is 4.57 Å². The van der Waals surface area contributed by atoms with Crippen molar-refractivity contribution in [2.75, 3.05) is 0 Å². The second-order valence-electron chi connectivity index (χ2n) is 10.5. The highest BCUT2D eigenvalue weighted by Crippen LogP contribution is 2.44. The third kappa shape index (κ3) is 3.25. The van der Waals surface area contributed by atoms with E-state index in [1.54, 1.807) is 0 Å². The molecule has 0 unspecified atom stereocenters. The summed E-state index contributed by atoms with van der Waals surface area (Å²) in [7, 11) is 2.09. The molecule has 0 N–H and O–H groups in total. The molecule has 6 aromatic carbocycles. The first-order chi connectivity index (χ1) is 19.2. The summed E-state index contributed by atoms with van der Waals surface area (Å²) in [5, 5.41) is 9.80. The van der Waals surface area contributed by atoms with E-state index >= 15 is 0 Å². The van der Waals surface area contributed by atoms with Crippen LogP contribution in [-0.4, -0.2) is 0 Å². The van der Waals surface area contributed by atoms with E-state index in [-0.39, 0.29) is 0 Å². The zero-order valence-corrected chi connectivity index (χ0v) is 21.9. The molecule has 2 aromatic heterocycles. The Bertz CT molecular complexity index is 2250. The summed E-state index contributed by atoms with van der Waals surface area (Å²) in [5.41, 5.74) is 7.68. The number of aryl methyl sites for hydroxylation is 2. The molecule has 0 spiro atoms. The van der Waals surface area contributed by atoms with Crippen molar-refractivity contribution < 1.29 is 8.98 Å². The predicted molar refractivity (Wildman–Crippen MR) is 163 cm³/mol. The van der Waals surface area contributed by atoms with Crippen molar-refractivity contribution in [3.8, 4) is 22.4 Å². The lowest BCUT2D eigenvalue weighted by Crippen LogP contribution is -2.30. The number of aromatic nitrogens is 1. The van der Waals surface area contributed by atoms with Crippen molar-refractivity contribution in [1.29, 1.82) is 0 Å². The van der Waals surface area contributed by atoms with Crippen LogP contribution in [0.15, 0.2) is 126 Å². The van der Waals surface area contributed by atoms with Crippen molar-refractivity contribution in [2.24, 2.45) is 7.05 Å². The van der Waals surface area contributed by atoms with Gasteiger partial charge in [0.1, 0.15) is 18.2 Å². The first-order valence-corrected chi connectivity index (χ1v) is 13.4. The highest BCUT2D eigenvalue weighted by molar-refractivity contribution is 6.20. The Morgan fingerprint density at radius 2 is 1.21 bits per heavy atom. The molecule has 8 aromatic rings. The van der Waals surface area contributed by atoms with Crippen LogP contribution in [0.4, 0.5) is 0 Å². The van der Waals surface area contributed by atoms with Gasteiger partial charge in [0, 0.05) is 28.5 Å². The molecule has 0 amide bonds. The number of furan rings is 1. The minimum absolute atomic E-state index is 0.933. The van der Waals surface area contributed by atoms with Gasteiger partial charge in [0.05, 0.1) is 5.56 Å². The van der Waals surface area contributed by atoms with E-state index in [0.717, 1.165) is 38.8 Å². The average Bonchev–Trinajstić information content (AvgIpc) is 3.35. The van der Waals surface area contributed by atoms with Gasteiger partial charge in [0.25, 0.3) is 0 Å². The fourth-order valence-corrected chi connectivity index (χ4v) is 6.28. The fourth-order valence-electron chi connectivity index (χ4n) is 6.28. The van der Waals surface area contributed by atoms with Gasteiger partial charge in [-0.05, 0) is 74.6 Å². The monoisotopic (exact) mass is 500 g/mol. The van der Waals surface area contributed by atoms with Crippen LogP contribution in [0.2, 0.25) is 0 Å². The van der Waals surface area contributed by atoms with E-state index in [1.807, 2.05) is 0 Å². The highest BCUT2D eigenvalue weighted by atomic mass is 16.3. The summed E-state index contributed by atoms with van der Waals surface area (Å²) in [5.74, 6) is 0. The Hall–Kier alpha value is -4.95. The maximum absolute atomic E-state index is 6.89. The van der Waals surface area contributed by atoms with E-state index in [9.17, 15) is 0 Å². The van der Waals surface area contributed by atoms with Crippen molar-refractivity contribution in [3.63, 3.8) is 0 Å². The molecule has 0 fully saturated rings. The molecule has 0 aliphatic heterocycles. The SMILES string of the molecule is Cc1ccc2c(oc3c(-c4cc5ccccc5c5cc6ccccc6cc45)cccc32)c1-c1cccc[n+]1C. The Kier molecular flexibility index (Phi) is 4.68. The molecule has 184 valence electrons. The van der Waals surface area contributed by atoms with E-state index in [2.05, 4.69) is 140 Å². The Morgan fingerprint density at radius 3 is 2.03 bits per heavy atom. The molecule has 2 nitrogen and oxygen atoms in total. The zero-order valence-electron chi connectivity index (χ0n) is 21.9. The largest absolute Gasteiger partial charge is 0.454 e. The number of benzene rings is 6. The van der Waals surface area contributed by atoms with Gasteiger partial charge < -0.3 is 4.42 Å². The van der Waals surface area contributed by atoms with Gasteiger partial charge in [0.15, 0.2) is 6.20 Å². The zero-order chi connectivity index (χ0) is 26.1. The molecule has 0 aliphatic carbocycles. The maximum atomic E-state index is 6.89. The smallest absolute Gasteiger partial charge is 0.216 e. The molecular formula is C37H26NO+. The minimum Gasteiger partial charge on any atom is -0.454 e. The van der Waals surface area contributed by atoms with Crippen molar-refractivity contribution in [3.05, 3.63) is 127 Å². The molecule has 0 saturated carbocycles. The highest BCUT2D eigenvalue weighted by Gasteiger charge is 2.22. The number of rotatable bonds is 2. The molecule has 0 radical (unpaired) electrons. The third-order valence-corrected chi connectivity index (χ3v) is 8.20. The maximum Gasteiger partial charge on any atom is 0.216 e. The molecule has 0 aliphatic rings. The van der Waals surface area contributed by atoms with Crippen molar-refractivity contribution >= 4 is 54.3 Å². The first-order valence-electron chi connectivity index (χ1n) is 13.4. The second kappa shape index (κ2) is 8.28. The molecule has 2 heterocycles. The lowest BCUT2D eigenvalue weighted by atomic mass is 9.90. The minimum atomic E-state index is 0.933. The number of fused-ring (bicyclic) bond motifs is 7. The van der Waals surface area contributed by atoms with Crippen LogP contribution in [0.25, 0.3) is 76.6 Å². The predicted octanol–water partition coefficient (Wildman–Crippen LogP) is 9.51. The Morgan fingerprint density at radius 1 is 0.513 bits per heavy atom. The van der Waals surface area contributed by atoms with E-state index in [0.29, 0.717) is 0 Å². The lowest BCUT2D eigenvalue weighted by Gasteiger charge is -2.13. The van der Waals surface area contributed by atoms with Crippen LogP contribution >= 0.6 is 0 Å². The van der Waals surface area contributed by atoms with Gasteiger partial charge >= 0.3 is 0 Å². The summed E-state index contributed by atoms with van der Waals surface area (Å²) < 4.78 is 9.06. The lowest BCUT2D eigenvalue weighted by molar-refractivity contribution is -0.660. The van der Waals surface area contributed by atoms with Crippen LogP contribution in [0.5, 0.6) is 0 Å². The number of para-hydroxylation sites is 1. The van der Waals surface area contributed by atoms with Crippen LogP contribution in [0.1, 0.15) is 5.56 Å². The van der Waals surface area contributed by atoms with Gasteiger partial charge in [0.2, 0.25) is 5.69 Å². The van der Waals surface area contributed by atoms with Crippen LogP contribution in [-0.2, 0) is 7.05 Å². The Labute approximate surface area is 226 Å². The molecule has 0 atom stereocenters. The summed E-state index contributed by atoms with van der Waals surface area (Å²) in [6.45, 7) is 2.16. The fraction of sp³-hybridized carbons (Fsp3) is 0.0541. The number of hydrogen-bond donors (Lipinski definition) is 0. The summed E-state index contributed by atoms with van der Waals surface area (Å²) >= 11 is 0. The molecule has 0 bridgehead atoms. The van der Waals surface area contributed by atoms with E-state index in [1.165, 1.54) is 43.4 Å². The van der Waals surface area contributed by atoms with E-state index < -0.39 is 0 Å². The summed E-state index contributed by atoms with van der Waals surface area (Å²) in [6.07, 6.45) is 2.09. The number of nitrogens with zero attached hydrogens (tertiary/aromatic N) is 1. The average molecular weight is 501 g/mol. The molecule has 39 heavy (non-hydrogen) atoms. The van der Waals surface area contributed by atoms with Gasteiger partial charge in [-0.2, -0.15) is 0 Å². The molecule has 8 rings (SSSR count). The summed E-state index contributed by atoms with van der Waals surface area (Å²) in [6, 6.07) is 41.6. The molecule has 2 heteroatoms. The third-order valence-electron chi connectivity index (χ3n) is 8.20.